The van der Waals surface area contributed by atoms with Crippen molar-refractivity contribution in [3.8, 4) is 0 Å². The van der Waals surface area contributed by atoms with Crippen molar-refractivity contribution in [3.63, 3.8) is 0 Å². The molecule has 0 bridgehead atoms. The van der Waals surface area contributed by atoms with Gasteiger partial charge < -0.3 is 14.6 Å². The number of esters is 1. The highest BCUT2D eigenvalue weighted by Crippen LogP contribution is 2.29. The summed E-state index contributed by atoms with van der Waals surface area (Å²) in [4.78, 5) is 35.9. The van der Waals surface area contributed by atoms with E-state index in [1.165, 1.54) is 35.6 Å². The van der Waals surface area contributed by atoms with E-state index in [-0.39, 0.29) is 29.6 Å². The number of amides is 1. The third-order valence-corrected chi connectivity index (χ3v) is 4.42. The van der Waals surface area contributed by atoms with Gasteiger partial charge in [0.2, 0.25) is 5.91 Å². The zero-order valence-electron chi connectivity index (χ0n) is 14.0. The molecule has 1 aliphatic carbocycles. The molecular formula is C19H20N2O4. The van der Waals surface area contributed by atoms with Crippen molar-refractivity contribution in [1.82, 2.24) is 9.88 Å². The molecule has 0 radical (unpaired) electrons. The lowest BCUT2D eigenvalue weighted by Crippen LogP contribution is -2.36. The lowest BCUT2D eigenvalue weighted by Gasteiger charge is -2.26. The number of benzene rings is 1. The molecule has 3 rings (SSSR count). The Bertz CT molecular complexity index is 856. The van der Waals surface area contributed by atoms with Crippen molar-refractivity contribution in [2.45, 2.75) is 31.8 Å². The number of hydrogen-bond acceptors (Lipinski definition) is 4. The first-order chi connectivity index (χ1) is 12.1. The molecule has 0 saturated carbocycles. The Morgan fingerprint density at radius 1 is 1.24 bits per heavy atom. The predicted molar refractivity (Wildman–Crippen MR) is 92.3 cm³/mol. The van der Waals surface area contributed by atoms with Crippen LogP contribution in [0.1, 0.15) is 40.4 Å². The summed E-state index contributed by atoms with van der Waals surface area (Å²) in [6, 6.07) is 10.7. The van der Waals surface area contributed by atoms with E-state index >= 15 is 0 Å². The molecule has 130 valence electrons. The van der Waals surface area contributed by atoms with Crippen molar-refractivity contribution in [1.29, 1.82) is 0 Å². The molecule has 1 aromatic heterocycles. The number of methoxy groups -OCH3 is 1. The fourth-order valence-corrected chi connectivity index (χ4v) is 3.19. The fraction of sp³-hybridized carbons (Fsp3) is 0.316. The van der Waals surface area contributed by atoms with Crippen LogP contribution in [-0.2, 0) is 22.5 Å². The lowest BCUT2D eigenvalue weighted by atomic mass is 9.88. The Balaban J connectivity index is 1.74. The number of aryl methyl sites for hydroxylation is 1. The van der Waals surface area contributed by atoms with E-state index in [9.17, 15) is 14.4 Å². The maximum absolute atomic E-state index is 12.4. The van der Waals surface area contributed by atoms with E-state index in [1.807, 2.05) is 18.2 Å². The second-order valence-corrected chi connectivity index (χ2v) is 6.09. The van der Waals surface area contributed by atoms with Crippen LogP contribution in [0.15, 0.2) is 47.4 Å². The Morgan fingerprint density at radius 2 is 2.04 bits per heavy atom. The molecule has 1 heterocycles. The Hall–Kier alpha value is -2.89. The van der Waals surface area contributed by atoms with Gasteiger partial charge in [-0.1, -0.05) is 24.3 Å². The number of rotatable bonds is 4. The topological polar surface area (TPSA) is 77.4 Å². The monoisotopic (exact) mass is 340 g/mol. The third-order valence-electron chi connectivity index (χ3n) is 4.42. The number of nitrogens with zero attached hydrogens (tertiary/aromatic N) is 1. The average Bonchev–Trinajstić information content (AvgIpc) is 2.63. The molecule has 1 aromatic carbocycles. The van der Waals surface area contributed by atoms with Gasteiger partial charge in [0, 0.05) is 12.3 Å². The van der Waals surface area contributed by atoms with Crippen molar-refractivity contribution in [2.75, 3.05) is 7.11 Å². The van der Waals surface area contributed by atoms with Gasteiger partial charge in [0.1, 0.15) is 6.54 Å². The van der Waals surface area contributed by atoms with Gasteiger partial charge in [-0.05, 0) is 36.5 Å². The van der Waals surface area contributed by atoms with Crippen LogP contribution in [0, 0.1) is 0 Å². The van der Waals surface area contributed by atoms with E-state index in [0.717, 1.165) is 24.8 Å². The minimum Gasteiger partial charge on any atom is -0.465 e. The SMILES string of the molecule is COC(=O)c1ccc(=O)n(CC(=O)NC2CCCc3ccccc32)c1. The van der Waals surface area contributed by atoms with Gasteiger partial charge in [0.15, 0.2) is 0 Å². The highest BCUT2D eigenvalue weighted by molar-refractivity contribution is 5.89. The molecule has 25 heavy (non-hydrogen) atoms. The van der Waals surface area contributed by atoms with Crippen molar-refractivity contribution in [3.05, 3.63) is 69.6 Å². The first-order valence-electron chi connectivity index (χ1n) is 8.24. The Morgan fingerprint density at radius 3 is 2.84 bits per heavy atom. The summed E-state index contributed by atoms with van der Waals surface area (Å²) in [5, 5.41) is 3.00. The normalized spacial score (nSPS) is 16.0. The lowest BCUT2D eigenvalue weighted by molar-refractivity contribution is -0.122. The molecule has 1 amide bonds. The summed E-state index contributed by atoms with van der Waals surface area (Å²) in [6.07, 6.45) is 4.26. The van der Waals surface area contributed by atoms with Crippen LogP contribution in [0.2, 0.25) is 0 Å². The summed E-state index contributed by atoms with van der Waals surface area (Å²) in [5.74, 6) is -0.804. The molecular weight excluding hydrogens is 320 g/mol. The van der Waals surface area contributed by atoms with Gasteiger partial charge in [0.25, 0.3) is 5.56 Å². The van der Waals surface area contributed by atoms with Crippen molar-refractivity contribution in [2.24, 2.45) is 0 Å². The maximum Gasteiger partial charge on any atom is 0.339 e. The zero-order chi connectivity index (χ0) is 17.8. The number of ether oxygens (including phenoxy) is 1. The molecule has 0 fully saturated rings. The molecule has 6 heteroatoms. The van der Waals surface area contributed by atoms with Crippen LogP contribution < -0.4 is 10.9 Å². The van der Waals surface area contributed by atoms with E-state index in [4.69, 9.17) is 0 Å². The second kappa shape index (κ2) is 7.34. The Labute approximate surface area is 145 Å². The highest BCUT2D eigenvalue weighted by atomic mass is 16.5. The first-order valence-corrected chi connectivity index (χ1v) is 8.24. The highest BCUT2D eigenvalue weighted by Gasteiger charge is 2.21. The van der Waals surface area contributed by atoms with E-state index < -0.39 is 5.97 Å². The van der Waals surface area contributed by atoms with Crippen LogP contribution in [0.3, 0.4) is 0 Å². The molecule has 2 aromatic rings. The maximum atomic E-state index is 12.4. The average molecular weight is 340 g/mol. The van der Waals surface area contributed by atoms with Gasteiger partial charge in [-0.2, -0.15) is 0 Å². The summed E-state index contributed by atoms with van der Waals surface area (Å²) < 4.78 is 5.86. The van der Waals surface area contributed by atoms with Gasteiger partial charge >= 0.3 is 5.97 Å². The minimum absolute atomic E-state index is 0.0445. The van der Waals surface area contributed by atoms with Crippen molar-refractivity contribution >= 4 is 11.9 Å². The number of hydrogen-bond donors (Lipinski definition) is 1. The third kappa shape index (κ3) is 3.79. The molecule has 0 aliphatic heterocycles. The number of carbonyl (C=O) groups is 2. The quantitative estimate of drug-likeness (QED) is 0.862. The van der Waals surface area contributed by atoms with E-state index in [2.05, 4.69) is 16.1 Å². The Kier molecular flexibility index (Phi) is 4.97. The summed E-state index contributed by atoms with van der Waals surface area (Å²) >= 11 is 0. The zero-order valence-corrected chi connectivity index (χ0v) is 14.0. The first kappa shape index (κ1) is 17.0. The summed E-state index contributed by atoms with van der Waals surface area (Å²) in [6.45, 7) is -0.137. The van der Waals surface area contributed by atoms with Gasteiger partial charge in [-0.25, -0.2) is 4.79 Å². The summed E-state index contributed by atoms with van der Waals surface area (Å²) in [7, 11) is 1.27. The number of pyridine rings is 1. The van der Waals surface area contributed by atoms with Gasteiger partial charge in [-0.15, -0.1) is 0 Å². The second-order valence-electron chi connectivity index (χ2n) is 6.09. The summed E-state index contributed by atoms with van der Waals surface area (Å²) in [5.41, 5.74) is 2.28. The van der Waals surface area contributed by atoms with Crippen molar-refractivity contribution < 1.29 is 14.3 Å². The van der Waals surface area contributed by atoms with Crippen LogP contribution >= 0.6 is 0 Å². The van der Waals surface area contributed by atoms with Crippen LogP contribution in [0.25, 0.3) is 0 Å². The molecule has 0 saturated heterocycles. The van der Waals surface area contributed by atoms with E-state index in [0.29, 0.717) is 0 Å². The van der Waals surface area contributed by atoms with Crippen LogP contribution in [-0.4, -0.2) is 23.6 Å². The smallest absolute Gasteiger partial charge is 0.339 e. The molecule has 1 aliphatic rings. The number of fused-ring (bicyclic) bond motifs is 1. The number of carbonyl (C=O) groups excluding carboxylic acids is 2. The van der Waals surface area contributed by atoms with Gasteiger partial charge in [-0.3, -0.25) is 9.59 Å². The molecule has 1 atom stereocenters. The molecule has 6 nitrogen and oxygen atoms in total. The predicted octanol–water partition coefficient (Wildman–Crippen LogP) is 1.83. The van der Waals surface area contributed by atoms with Crippen LogP contribution in [0.5, 0.6) is 0 Å². The largest absolute Gasteiger partial charge is 0.465 e. The minimum atomic E-state index is -0.546. The number of aromatic nitrogens is 1. The number of nitrogens with one attached hydrogen (secondary N) is 1. The standard InChI is InChI=1S/C19H20N2O4/c1-25-19(24)14-9-10-18(23)21(11-14)12-17(22)20-16-8-4-6-13-5-2-3-7-15(13)16/h2-3,5,7,9-11,16H,4,6,8,12H2,1H3,(H,20,22). The fourth-order valence-electron chi connectivity index (χ4n) is 3.19. The van der Waals surface area contributed by atoms with Gasteiger partial charge in [0.05, 0.1) is 18.7 Å². The van der Waals surface area contributed by atoms with Crippen LogP contribution in [0.4, 0.5) is 0 Å². The molecule has 1 unspecified atom stereocenters. The molecule has 0 spiro atoms. The molecule has 1 N–H and O–H groups in total. The van der Waals surface area contributed by atoms with E-state index in [1.54, 1.807) is 0 Å².